The van der Waals surface area contributed by atoms with E-state index in [0.717, 1.165) is 11.6 Å². The highest BCUT2D eigenvalue weighted by Crippen LogP contribution is 2.39. The van der Waals surface area contributed by atoms with Crippen LogP contribution in [0.5, 0.6) is 23.0 Å². The summed E-state index contributed by atoms with van der Waals surface area (Å²) in [6.45, 7) is 0. The van der Waals surface area contributed by atoms with Crippen LogP contribution in [-0.4, -0.2) is 26.2 Å². The van der Waals surface area contributed by atoms with Crippen LogP contribution in [-0.2, 0) is 12.8 Å². The maximum atomic E-state index is 12.7. The molecule has 0 aliphatic rings. The molecule has 0 aliphatic heterocycles. The zero-order chi connectivity index (χ0) is 21.7. The van der Waals surface area contributed by atoms with Crippen LogP contribution in [0.1, 0.15) is 33.5 Å². The molecule has 152 valence electrons. The Labute approximate surface area is 171 Å². The van der Waals surface area contributed by atoms with E-state index in [4.69, 9.17) is 5.53 Å². The average Bonchev–Trinajstić information content (AvgIpc) is 2.72. The number of carbonyl (C=O) groups excluding carboxylic acids is 1. The highest BCUT2D eigenvalue weighted by Gasteiger charge is 2.22. The fraction of sp³-hybridized carbons (Fsp3) is 0.136. The number of rotatable bonds is 7. The lowest BCUT2D eigenvalue weighted by molar-refractivity contribution is 0.0977. The summed E-state index contributed by atoms with van der Waals surface area (Å²) in [6, 6.07) is 14.0. The first kappa shape index (κ1) is 20.6. The van der Waals surface area contributed by atoms with Crippen molar-refractivity contribution in [3.05, 3.63) is 87.3 Å². The molecule has 30 heavy (non-hydrogen) atoms. The number of carbonyl (C=O) groups is 1. The monoisotopic (exact) mass is 405 g/mol. The molecule has 3 aromatic carbocycles. The number of phenols is 4. The van der Waals surface area contributed by atoms with Crippen molar-refractivity contribution in [2.24, 2.45) is 5.11 Å². The molecule has 0 fully saturated rings. The highest BCUT2D eigenvalue weighted by molar-refractivity contribution is 6.02. The number of aromatic hydroxyl groups is 4. The molecule has 0 heterocycles. The third kappa shape index (κ3) is 4.63. The van der Waals surface area contributed by atoms with Crippen LogP contribution in [0.3, 0.4) is 0 Å². The van der Waals surface area contributed by atoms with Gasteiger partial charge in [0.25, 0.3) is 0 Å². The van der Waals surface area contributed by atoms with Gasteiger partial charge in [-0.2, -0.15) is 0 Å². The lowest BCUT2D eigenvalue weighted by Gasteiger charge is -2.13. The predicted octanol–water partition coefficient (Wildman–Crippen LogP) is 4.86. The Bertz CT molecular complexity index is 1120. The van der Waals surface area contributed by atoms with E-state index in [2.05, 4.69) is 10.0 Å². The van der Waals surface area contributed by atoms with Crippen LogP contribution in [0.4, 0.5) is 5.69 Å². The first-order valence-corrected chi connectivity index (χ1v) is 9.11. The molecule has 4 N–H and O–H groups in total. The zero-order valence-electron chi connectivity index (χ0n) is 15.9. The van der Waals surface area contributed by atoms with Crippen molar-refractivity contribution in [2.45, 2.75) is 19.3 Å². The number of nitrogens with zero attached hydrogens (tertiary/aromatic N) is 3. The van der Waals surface area contributed by atoms with Crippen molar-refractivity contribution in [1.29, 1.82) is 0 Å². The Morgan fingerprint density at radius 2 is 1.53 bits per heavy atom. The number of hydrogen-bond donors (Lipinski definition) is 4. The van der Waals surface area contributed by atoms with Gasteiger partial charge in [0.05, 0.1) is 0 Å². The smallest absolute Gasteiger partial charge is 0.170 e. The standard InChI is InChI=1S/C22H19N3O5/c23-25-24-15-6-1-14(2-7-15)11-17-19(28)12-20(29)21(22(17)30)18(27)10-5-13-3-8-16(26)9-4-13/h1-4,6-9,12,26,28-30H,5,10-11H2. The van der Waals surface area contributed by atoms with E-state index in [1.165, 1.54) is 12.1 Å². The van der Waals surface area contributed by atoms with Gasteiger partial charge in [0.1, 0.15) is 28.6 Å². The maximum absolute atomic E-state index is 12.7. The fourth-order valence-corrected chi connectivity index (χ4v) is 3.11. The molecule has 0 saturated carbocycles. The Morgan fingerprint density at radius 1 is 0.900 bits per heavy atom. The summed E-state index contributed by atoms with van der Waals surface area (Å²) >= 11 is 0. The van der Waals surface area contributed by atoms with E-state index < -0.39 is 17.3 Å². The Kier molecular flexibility index (Phi) is 6.10. The van der Waals surface area contributed by atoms with Gasteiger partial charge in [-0.25, -0.2) is 0 Å². The lowest BCUT2D eigenvalue weighted by atomic mass is 9.95. The van der Waals surface area contributed by atoms with Crippen molar-refractivity contribution in [2.75, 3.05) is 0 Å². The summed E-state index contributed by atoms with van der Waals surface area (Å²) < 4.78 is 0. The second kappa shape index (κ2) is 8.89. The molecule has 0 aliphatic carbocycles. The van der Waals surface area contributed by atoms with Crippen molar-refractivity contribution >= 4 is 11.5 Å². The molecule has 0 unspecified atom stereocenters. The minimum absolute atomic E-state index is 0.0248. The minimum Gasteiger partial charge on any atom is -0.508 e. The molecule has 8 heteroatoms. The number of benzene rings is 3. The Hall–Kier alpha value is -4.16. The van der Waals surface area contributed by atoms with Gasteiger partial charge in [-0.05, 0) is 35.2 Å². The van der Waals surface area contributed by atoms with Crippen LogP contribution in [0.2, 0.25) is 0 Å². The van der Waals surface area contributed by atoms with Gasteiger partial charge in [0.15, 0.2) is 5.78 Å². The summed E-state index contributed by atoms with van der Waals surface area (Å²) in [5.74, 6) is -1.65. The SMILES string of the molecule is [N-]=[N+]=Nc1ccc(Cc2c(O)cc(O)c(C(=O)CCc3ccc(O)cc3)c2O)cc1. The van der Waals surface area contributed by atoms with E-state index in [0.29, 0.717) is 17.7 Å². The fourth-order valence-electron chi connectivity index (χ4n) is 3.11. The quantitative estimate of drug-likeness (QED) is 0.192. The Morgan fingerprint density at radius 3 is 2.17 bits per heavy atom. The van der Waals surface area contributed by atoms with Crippen LogP contribution in [0.15, 0.2) is 59.7 Å². The molecule has 0 bridgehead atoms. The van der Waals surface area contributed by atoms with Gasteiger partial charge in [0, 0.05) is 35.1 Å². The van der Waals surface area contributed by atoms with Crippen LogP contribution < -0.4 is 0 Å². The number of azide groups is 1. The van der Waals surface area contributed by atoms with Crippen molar-refractivity contribution in [3.63, 3.8) is 0 Å². The van der Waals surface area contributed by atoms with Gasteiger partial charge in [-0.15, -0.1) is 0 Å². The summed E-state index contributed by atoms with van der Waals surface area (Å²) in [4.78, 5) is 15.4. The molecule has 3 rings (SSSR count). The van der Waals surface area contributed by atoms with Gasteiger partial charge < -0.3 is 20.4 Å². The number of phenolic OH excluding ortho intramolecular Hbond substituents is 4. The molecule has 3 aromatic rings. The van der Waals surface area contributed by atoms with Gasteiger partial charge in [0.2, 0.25) is 0 Å². The lowest BCUT2D eigenvalue weighted by Crippen LogP contribution is -2.04. The first-order chi connectivity index (χ1) is 14.4. The second-order valence-corrected chi connectivity index (χ2v) is 6.74. The molecular formula is C22H19N3O5. The maximum Gasteiger partial charge on any atom is 0.170 e. The zero-order valence-corrected chi connectivity index (χ0v) is 15.9. The van der Waals surface area contributed by atoms with Gasteiger partial charge >= 0.3 is 0 Å². The third-order valence-corrected chi connectivity index (χ3v) is 4.69. The highest BCUT2D eigenvalue weighted by atomic mass is 16.3. The average molecular weight is 405 g/mol. The summed E-state index contributed by atoms with van der Waals surface area (Å²) in [5, 5.41) is 43.8. The summed E-state index contributed by atoms with van der Waals surface area (Å²) in [5.41, 5.74) is 10.3. The third-order valence-electron chi connectivity index (χ3n) is 4.69. The van der Waals surface area contributed by atoms with Gasteiger partial charge in [-0.3, -0.25) is 4.79 Å². The molecule has 8 nitrogen and oxygen atoms in total. The molecular weight excluding hydrogens is 386 g/mol. The van der Waals surface area contributed by atoms with Crippen molar-refractivity contribution in [3.8, 4) is 23.0 Å². The number of Topliss-reactive ketones (excluding diaryl/α,β-unsaturated/α-hetero) is 1. The molecule has 0 saturated heterocycles. The van der Waals surface area contributed by atoms with Gasteiger partial charge in [-0.1, -0.05) is 41.5 Å². The van der Waals surface area contributed by atoms with Crippen molar-refractivity contribution < 1.29 is 25.2 Å². The molecule has 0 amide bonds. The number of aryl methyl sites for hydroxylation is 1. The summed E-state index contributed by atoms with van der Waals surface area (Å²) in [6.07, 6.45) is 0.485. The van der Waals surface area contributed by atoms with Crippen LogP contribution >= 0.6 is 0 Å². The van der Waals surface area contributed by atoms with E-state index in [1.54, 1.807) is 36.4 Å². The summed E-state index contributed by atoms with van der Waals surface area (Å²) in [7, 11) is 0. The molecule has 0 atom stereocenters. The second-order valence-electron chi connectivity index (χ2n) is 6.74. The number of ketones is 1. The van der Waals surface area contributed by atoms with E-state index in [9.17, 15) is 25.2 Å². The minimum atomic E-state index is -0.497. The van der Waals surface area contributed by atoms with E-state index in [1.807, 2.05) is 0 Å². The molecule has 0 spiro atoms. The normalized spacial score (nSPS) is 10.4. The first-order valence-electron chi connectivity index (χ1n) is 9.11. The van der Waals surface area contributed by atoms with E-state index in [-0.39, 0.29) is 35.5 Å². The van der Waals surface area contributed by atoms with Crippen LogP contribution in [0.25, 0.3) is 10.4 Å². The Balaban J connectivity index is 1.83. The number of hydrogen-bond acceptors (Lipinski definition) is 6. The van der Waals surface area contributed by atoms with E-state index >= 15 is 0 Å². The molecule has 0 radical (unpaired) electrons. The topological polar surface area (TPSA) is 147 Å². The molecule has 0 aromatic heterocycles. The largest absolute Gasteiger partial charge is 0.508 e. The van der Waals surface area contributed by atoms with Crippen LogP contribution in [0, 0.1) is 0 Å². The predicted molar refractivity (Wildman–Crippen MR) is 110 cm³/mol. The van der Waals surface area contributed by atoms with Crippen molar-refractivity contribution in [1.82, 2.24) is 0 Å².